The number of carbonyl (C=O) groups excluding carboxylic acids is 1. The molecule has 156 valence electrons. The molecule has 1 aromatic rings. The van der Waals surface area contributed by atoms with Crippen molar-refractivity contribution in [3.8, 4) is 0 Å². The lowest BCUT2D eigenvalue weighted by atomic mass is 9.92. The van der Waals surface area contributed by atoms with E-state index in [-0.39, 0.29) is 11.8 Å². The maximum Gasteiger partial charge on any atom is 0.223 e. The van der Waals surface area contributed by atoms with Crippen molar-refractivity contribution in [3.63, 3.8) is 0 Å². The number of hydrogen-bond acceptors (Lipinski definition) is 3. The smallest absolute Gasteiger partial charge is 0.223 e. The van der Waals surface area contributed by atoms with E-state index in [1.165, 1.54) is 30.6 Å². The average Bonchev–Trinajstić information content (AvgIpc) is 2.67. The van der Waals surface area contributed by atoms with Gasteiger partial charge in [-0.1, -0.05) is 38.1 Å². The van der Waals surface area contributed by atoms with E-state index in [0.717, 1.165) is 63.8 Å². The second kappa shape index (κ2) is 10.4. The predicted octanol–water partition coefficient (Wildman–Crippen LogP) is 3.69. The van der Waals surface area contributed by atoms with Crippen molar-refractivity contribution in [2.75, 3.05) is 39.3 Å². The summed E-state index contributed by atoms with van der Waals surface area (Å²) in [5.41, 5.74) is 2.77. The van der Waals surface area contributed by atoms with Crippen molar-refractivity contribution in [2.45, 2.75) is 53.0 Å². The van der Waals surface area contributed by atoms with E-state index >= 15 is 0 Å². The summed E-state index contributed by atoms with van der Waals surface area (Å²) in [4.78, 5) is 17.6. The first-order valence-electron chi connectivity index (χ1n) is 11.3. The lowest BCUT2D eigenvalue weighted by Gasteiger charge is -2.35. The molecule has 2 aliphatic heterocycles. The topological polar surface area (TPSA) is 35.6 Å². The van der Waals surface area contributed by atoms with E-state index in [9.17, 15) is 4.79 Å². The second-order valence-corrected chi connectivity index (χ2v) is 9.33. The van der Waals surface area contributed by atoms with Gasteiger partial charge in [-0.05, 0) is 75.2 Å². The SMILES string of the molecule is Cc1ccccc1CN1CCC(C(=O)NCCCN2C[C@@H](C)C[C@H](C)C2)CC1. The van der Waals surface area contributed by atoms with Gasteiger partial charge in [-0.2, -0.15) is 0 Å². The summed E-state index contributed by atoms with van der Waals surface area (Å²) in [7, 11) is 0. The third-order valence-electron chi connectivity index (χ3n) is 6.51. The van der Waals surface area contributed by atoms with Gasteiger partial charge in [0.05, 0.1) is 0 Å². The van der Waals surface area contributed by atoms with Crippen LogP contribution < -0.4 is 5.32 Å². The lowest BCUT2D eigenvalue weighted by molar-refractivity contribution is -0.126. The number of benzene rings is 1. The molecule has 1 N–H and O–H groups in total. The van der Waals surface area contributed by atoms with E-state index in [1.54, 1.807) is 0 Å². The predicted molar refractivity (Wildman–Crippen MR) is 116 cm³/mol. The minimum atomic E-state index is 0.197. The van der Waals surface area contributed by atoms with Crippen LogP contribution >= 0.6 is 0 Å². The molecule has 0 saturated carbocycles. The van der Waals surface area contributed by atoms with Gasteiger partial charge in [0, 0.05) is 32.1 Å². The fourth-order valence-corrected chi connectivity index (χ4v) is 5.01. The molecule has 0 radical (unpaired) electrons. The van der Waals surface area contributed by atoms with Crippen molar-refractivity contribution in [2.24, 2.45) is 17.8 Å². The summed E-state index contributed by atoms with van der Waals surface area (Å²) in [6.45, 7) is 14.3. The summed E-state index contributed by atoms with van der Waals surface area (Å²) in [5.74, 6) is 2.09. The van der Waals surface area contributed by atoms with Crippen LogP contribution in [0.15, 0.2) is 24.3 Å². The van der Waals surface area contributed by atoms with Crippen LogP contribution in [-0.4, -0.2) is 55.0 Å². The molecule has 1 amide bonds. The number of amides is 1. The monoisotopic (exact) mass is 385 g/mol. The Morgan fingerprint density at radius 1 is 1.07 bits per heavy atom. The first kappa shape index (κ1) is 21.3. The average molecular weight is 386 g/mol. The van der Waals surface area contributed by atoms with Gasteiger partial charge in [-0.15, -0.1) is 0 Å². The number of nitrogens with one attached hydrogen (secondary N) is 1. The van der Waals surface area contributed by atoms with Gasteiger partial charge in [0.15, 0.2) is 0 Å². The molecule has 2 heterocycles. The molecule has 0 spiro atoms. The Balaban J connectivity index is 1.31. The minimum Gasteiger partial charge on any atom is -0.356 e. The van der Waals surface area contributed by atoms with Crippen LogP contribution in [0.5, 0.6) is 0 Å². The van der Waals surface area contributed by atoms with Crippen molar-refractivity contribution in [1.29, 1.82) is 0 Å². The van der Waals surface area contributed by atoms with Crippen LogP contribution in [0, 0.1) is 24.7 Å². The highest BCUT2D eigenvalue weighted by molar-refractivity contribution is 5.78. The zero-order chi connectivity index (χ0) is 19.9. The molecular formula is C24H39N3O. The number of piperidine rings is 2. The first-order chi connectivity index (χ1) is 13.5. The molecule has 0 aliphatic carbocycles. The summed E-state index contributed by atoms with van der Waals surface area (Å²) in [6.07, 6.45) is 4.39. The molecular weight excluding hydrogens is 346 g/mol. The lowest BCUT2D eigenvalue weighted by Crippen LogP contribution is -2.42. The van der Waals surface area contributed by atoms with Gasteiger partial charge in [-0.3, -0.25) is 9.69 Å². The third-order valence-corrected chi connectivity index (χ3v) is 6.51. The molecule has 2 aliphatic rings. The van der Waals surface area contributed by atoms with Crippen molar-refractivity contribution < 1.29 is 4.79 Å². The fraction of sp³-hybridized carbons (Fsp3) is 0.708. The Morgan fingerprint density at radius 3 is 2.43 bits per heavy atom. The van der Waals surface area contributed by atoms with Crippen LogP contribution in [-0.2, 0) is 11.3 Å². The zero-order valence-corrected chi connectivity index (χ0v) is 18.1. The number of aryl methyl sites for hydroxylation is 1. The van der Waals surface area contributed by atoms with Crippen molar-refractivity contribution in [3.05, 3.63) is 35.4 Å². The summed E-state index contributed by atoms with van der Waals surface area (Å²) < 4.78 is 0. The maximum atomic E-state index is 12.5. The van der Waals surface area contributed by atoms with E-state index < -0.39 is 0 Å². The zero-order valence-electron chi connectivity index (χ0n) is 18.1. The van der Waals surface area contributed by atoms with Crippen LogP contribution in [0.1, 0.15) is 50.7 Å². The number of likely N-dealkylation sites (tertiary alicyclic amines) is 2. The number of hydrogen-bond donors (Lipinski definition) is 1. The largest absolute Gasteiger partial charge is 0.356 e. The Bertz CT molecular complexity index is 614. The summed E-state index contributed by atoms with van der Waals surface area (Å²) in [6, 6.07) is 8.62. The van der Waals surface area contributed by atoms with Gasteiger partial charge >= 0.3 is 0 Å². The second-order valence-electron chi connectivity index (χ2n) is 9.33. The molecule has 2 fully saturated rings. The van der Waals surface area contributed by atoms with E-state index in [0.29, 0.717) is 0 Å². The summed E-state index contributed by atoms with van der Waals surface area (Å²) in [5, 5.41) is 3.20. The molecule has 28 heavy (non-hydrogen) atoms. The molecule has 0 aromatic heterocycles. The van der Waals surface area contributed by atoms with Crippen LogP contribution in [0.25, 0.3) is 0 Å². The molecule has 4 heteroatoms. The molecule has 0 bridgehead atoms. The Hall–Kier alpha value is -1.39. The van der Waals surface area contributed by atoms with Crippen molar-refractivity contribution >= 4 is 5.91 Å². The molecule has 2 atom stereocenters. The first-order valence-corrected chi connectivity index (χ1v) is 11.3. The van der Waals surface area contributed by atoms with E-state index in [1.807, 2.05) is 0 Å². The number of nitrogens with zero attached hydrogens (tertiary/aromatic N) is 2. The summed E-state index contributed by atoms with van der Waals surface area (Å²) >= 11 is 0. The molecule has 0 unspecified atom stereocenters. The normalized spacial score (nSPS) is 25.0. The maximum absolute atomic E-state index is 12.5. The number of rotatable bonds is 7. The molecule has 2 saturated heterocycles. The fourth-order valence-electron chi connectivity index (χ4n) is 5.01. The van der Waals surface area contributed by atoms with E-state index in [4.69, 9.17) is 0 Å². The van der Waals surface area contributed by atoms with Gasteiger partial charge < -0.3 is 10.2 Å². The Kier molecular flexibility index (Phi) is 7.92. The molecule has 3 rings (SSSR count). The Morgan fingerprint density at radius 2 is 1.75 bits per heavy atom. The van der Waals surface area contributed by atoms with Crippen LogP contribution in [0.4, 0.5) is 0 Å². The van der Waals surface area contributed by atoms with Gasteiger partial charge in [-0.25, -0.2) is 0 Å². The highest BCUT2D eigenvalue weighted by Crippen LogP contribution is 2.22. The quantitative estimate of drug-likeness (QED) is 0.727. The Labute approximate surface area is 171 Å². The van der Waals surface area contributed by atoms with Crippen LogP contribution in [0.3, 0.4) is 0 Å². The molecule has 4 nitrogen and oxygen atoms in total. The highest BCUT2D eigenvalue weighted by Gasteiger charge is 2.25. The third kappa shape index (κ3) is 6.31. The van der Waals surface area contributed by atoms with Gasteiger partial charge in [0.2, 0.25) is 5.91 Å². The van der Waals surface area contributed by atoms with Crippen molar-refractivity contribution in [1.82, 2.24) is 15.1 Å². The highest BCUT2D eigenvalue weighted by atomic mass is 16.1. The minimum absolute atomic E-state index is 0.197. The number of carbonyl (C=O) groups is 1. The van der Waals surface area contributed by atoms with Gasteiger partial charge in [0.1, 0.15) is 0 Å². The molecule has 1 aromatic carbocycles. The standard InChI is InChI=1S/C24H39N3O/c1-19-15-20(2)17-27(16-19)12-6-11-25-24(28)22-9-13-26(14-10-22)18-23-8-5-4-7-21(23)3/h4-5,7-8,19-20,22H,6,9-18H2,1-3H3,(H,25,28)/t19-,20-/m0/s1. The van der Waals surface area contributed by atoms with Gasteiger partial charge in [0.25, 0.3) is 0 Å². The van der Waals surface area contributed by atoms with Crippen LogP contribution in [0.2, 0.25) is 0 Å². The van der Waals surface area contributed by atoms with E-state index in [2.05, 4.69) is 60.2 Å².